The quantitative estimate of drug-likeness (QED) is 0.825. The molecule has 0 aliphatic carbocycles. The summed E-state index contributed by atoms with van der Waals surface area (Å²) < 4.78 is 5.35. The van der Waals surface area contributed by atoms with Crippen molar-refractivity contribution in [3.05, 3.63) is 65.2 Å². The maximum absolute atomic E-state index is 11.2. The van der Waals surface area contributed by atoms with Gasteiger partial charge in [0.2, 0.25) is 0 Å². The van der Waals surface area contributed by atoms with Gasteiger partial charge < -0.3 is 15.2 Å². The fraction of sp³-hybridized carbons (Fsp3) is 0.278. The average molecular weight is 299 g/mol. The minimum atomic E-state index is -0.894. The van der Waals surface area contributed by atoms with Crippen molar-refractivity contribution in [1.82, 2.24) is 5.32 Å². The number of aromatic carboxylic acids is 1. The van der Waals surface area contributed by atoms with E-state index in [-0.39, 0.29) is 6.04 Å². The number of ether oxygens (including phenoxy) is 1. The molecule has 4 heteroatoms. The first-order chi connectivity index (χ1) is 10.6. The molecule has 22 heavy (non-hydrogen) atoms. The summed E-state index contributed by atoms with van der Waals surface area (Å²) in [6.07, 6.45) is 0.819. The lowest BCUT2D eigenvalue weighted by Gasteiger charge is -2.16. The normalized spacial score (nSPS) is 11.9. The predicted octanol–water partition coefficient (Wildman–Crippen LogP) is 3.11. The molecule has 2 aromatic rings. The second-order valence-electron chi connectivity index (χ2n) is 5.26. The average Bonchev–Trinajstić information content (AvgIpc) is 2.53. The monoisotopic (exact) mass is 299 g/mol. The van der Waals surface area contributed by atoms with Crippen LogP contribution in [-0.4, -0.2) is 24.2 Å². The maximum atomic E-state index is 11.2. The largest absolute Gasteiger partial charge is 0.496 e. The fourth-order valence-corrected chi connectivity index (χ4v) is 2.44. The Morgan fingerprint density at radius 3 is 2.45 bits per heavy atom. The van der Waals surface area contributed by atoms with Crippen LogP contribution in [0.25, 0.3) is 0 Å². The van der Waals surface area contributed by atoms with E-state index in [4.69, 9.17) is 4.74 Å². The van der Waals surface area contributed by atoms with Crippen LogP contribution in [0.3, 0.4) is 0 Å². The van der Waals surface area contributed by atoms with Gasteiger partial charge in [0.15, 0.2) is 0 Å². The van der Waals surface area contributed by atoms with Crippen LogP contribution in [0.2, 0.25) is 0 Å². The molecule has 0 saturated heterocycles. The Kier molecular flexibility index (Phi) is 5.55. The summed E-state index contributed by atoms with van der Waals surface area (Å²) in [6, 6.07) is 15.2. The predicted molar refractivity (Wildman–Crippen MR) is 86.4 cm³/mol. The standard InChI is InChI=1S/C18H21NO3/c1-13(11-14-7-4-6-10-17(14)22-2)19-12-15-8-3-5-9-16(15)18(20)21/h3-10,13,19H,11-12H2,1-2H3,(H,20,21). The van der Waals surface area contributed by atoms with Crippen LogP contribution in [0.1, 0.15) is 28.4 Å². The lowest BCUT2D eigenvalue weighted by molar-refractivity contribution is 0.0695. The molecule has 2 aromatic carbocycles. The minimum absolute atomic E-state index is 0.207. The molecule has 0 heterocycles. The van der Waals surface area contributed by atoms with Gasteiger partial charge in [0.1, 0.15) is 5.75 Å². The lowest BCUT2D eigenvalue weighted by atomic mass is 10.0. The van der Waals surface area contributed by atoms with Crippen LogP contribution in [-0.2, 0) is 13.0 Å². The van der Waals surface area contributed by atoms with E-state index in [1.807, 2.05) is 36.4 Å². The number of benzene rings is 2. The van der Waals surface area contributed by atoms with Crippen LogP contribution in [0.15, 0.2) is 48.5 Å². The van der Waals surface area contributed by atoms with Crippen molar-refractivity contribution in [2.75, 3.05) is 7.11 Å². The topological polar surface area (TPSA) is 58.6 Å². The van der Waals surface area contributed by atoms with Crippen LogP contribution in [0.4, 0.5) is 0 Å². The number of nitrogens with one attached hydrogen (secondary N) is 1. The van der Waals surface area contributed by atoms with Gasteiger partial charge in [-0.2, -0.15) is 0 Å². The van der Waals surface area contributed by atoms with Gasteiger partial charge in [-0.05, 0) is 36.6 Å². The molecular weight excluding hydrogens is 278 g/mol. The molecule has 0 spiro atoms. The first-order valence-electron chi connectivity index (χ1n) is 7.28. The number of carboxylic acid groups (broad SMARTS) is 1. The van der Waals surface area contributed by atoms with Gasteiger partial charge in [-0.1, -0.05) is 36.4 Å². The SMILES string of the molecule is COc1ccccc1CC(C)NCc1ccccc1C(=O)O. The van der Waals surface area contributed by atoms with Crippen LogP contribution in [0.5, 0.6) is 5.75 Å². The molecule has 4 nitrogen and oxygen atoms in total. The van der Waals surface area contributed by atoms with Crippen molar-refractivity contribution in [3.63, 3.8) is 0 Å². The third kappa shape index (κ3) is 4.09. The molecule has 0 fully saturated rings. The van der Waals surface area contributed by atoms with Crippen molar-refractivity contribution in [2.24, 2.45) is 0 Å². The van der Waals surface area contributed by atoms with E-state index in [2.05, 4.69) is 12.2 Å². The highest BCUT2D eigenvalue weighted by molar-refractivity contribution is 5.89. The second-order valence-corrected chi connectivity index (χ2v) is 5.26. The van der Waals surface area contributed by atoms with Crippen molar-refractivity contribution in [3.8, 4) is 5.75 Å². The summed E-state index contributed by atoms with van der Waals surface area (Å²) in [5.74, 6) is -0.0168. The highest BCUT2D eigenvalue weighted by Gasteiger charge is 2.11. The third-order valence-corrected chi connectivity index (χ3v) is 3.61. The number of hydrogen-bond donors (Lipinski definition) is 2. The van der Waals surface area contributed by atoms with E-state index in [9.17, 15) is 9.90 Å². The summed E-state index contributed by atoms with van der Waals surface area (Å²) in [6.45, 7) is 2.61. The van der Waals surface area contributed by atoms with Crippen LogP contribution >= 0.6 is 0 Å². The van der Waals surface area contributed by atoms with Crippen molar-refractivity contribution < 1.29 is 14.6 Å². The Hall–Kier alpha value is -2.33. The van der Waals surface area contributed by atoms with Crippen molar-refractivity contribution in [1.29, 1.82) is 0 Å². The van der Waals surface area contributed by atoms with Gasteiger partial charge in [0.05, 0.1) is 12.7 Å². The Balaban J connectivity index is 1.99. The molecule has 1 atom stereocenters. The van der Waals surface area contributed by atoms with Crippen LogP contribution in [0, 0.1) is 0 Å². The Morgan fingerprint density at radius 2 is 1.77 bits per heavy atom. The van der Waals surface area contributed by atoms with Crippen molar-refractivity contribution in [2.45, 2.75) is 25.9 Å². The summed E-state index contributed by atoms with van der Waals surface area (Å²) >= 11 is 0. The van der Waals surface area contributed by atoms with Gasteiger partial charge in [-0.25, -0.2) is 4.79 Å². The van der Waals surface area contributed by atoms with E-state index >= 15 is 0 Å². The number of hydrogen-bond acceptors (Lipinski definition) is 3. The highest BCUT2D eigenvalue weighted by atomic mass is 16.5. The van der Waals surface area contributed by atoms with Gasteiger partial charge in [0.25, 0.3) is 0 Å². The molecule has 0 aliphatic heterocycles. The smallest absolute Gasteiger partial charge is 0.336 e. The van der Waals surface area contributed by atoms with Gasteiger partial charge >= 0.3 is 5.97 Å². The molecule has 0 radical (unpaired) electrons. The van der Waals surface area contributed by atoms with E-state index in [0.717, 1.165) is 23.3 Å². The minimum Gasteiger partial charge on any atom is -0.496 e. The third-order valence-electron chi connectivity index (χ3n) is 3.61. The second kappa shape index (κ2) is 7.61. The number of carbonyl (C=O) groups is 1. The number of para-hydroxylation sites is 1. The maximum Gasteiger partial charge on any atom is 0.336 e. The van der Waals surface area contributed by atoms with E-state index in [1.165, 1.54) is 0 Å². The molecular formula is C18H21NO3. The molecule has 0 saturated carbocycles. The van der Waals surface area contributed by atoms with Crippen molar-refractivity contribution >= 4 is 5.97 Å². The summed E-state index contributed by atoms with van der Waals surface area (Å²) in [7, 11) is 1.67. The number of carboxylic acids is 1. The van der Waals surface area contributed by atoms with Gasteiger partial charge in [0, 0.05) is 12.6 Å². The van der Waals surface area contributed by atoms with E-state index in [1.54, 1.807) is 19.2 Å². The Bertz CT molecular complexity index is 640. The number of rotatable bonds is 7. The fourth-order valence-electron chi connectivity index (χ4n) is 2.44. The lowest BCUT2D eigenvalue weighted by Crippen LogP contribution is -2.28. The molecule has 0 amide bonds. The summed E-state index contributed by atoms with van der Waals surface area (Å²) in [5.41, 5.74) is 2.28. The molecule has 116 valence electrons. The molecule has 2 N–H and O–H groups in total. The van der Waals surface area contributed by atoms with Gasteiger partial charge in [-0.3, -0.25) is 0 Å². The molecule has 0 aromatic heterocycles. The Labute approximate surface area is 130 Å². The zero-order valence-electron chi connectivity index (χ0n) is 12.9. The summed E-state index contributed by atoms with van der Waals surface area (Å²) in [5, 5.41) is 12.6. The molecule has 0 aliphatic rings. The first kappa shape index (κ1) is 16.0. The molecule has 0 bridgehead atoms. The Morgan fingerprint density at radius 1 is 1.14 bits per heavy atom. The molecule has 2 rings (SSSR count). The number of methoxy groups -OCH3 is 1. The first-order valence-corrected chi connectivity index (χ1v) is 7.28. The van der Waals surface area contributed by atoms with Crippen LogP contribution < -0.4 is 10.1 Å². The van der Waals surface area contributed by atoms with E-state index in [0.29, 0.717) is 12.1 Å². The zero-order valence-corrected chi connectivity index (χ0v) is 12.9. The van der Waals surface area contributed by atoms with Gasteiger partial charge in [-0.15, -0.1) is 0 Å². The molecule has 1 unspecified atom stereocenters. The van der Waals surface area contributed by atoms with E-state index < -0.39 is 5.97 Å². The highest BCUT2D eigenvalue weighted by Crippen LogP contribution is 2.19. The summed E-state index contributed by atoms with van der Waals surface area (Å²) in [4.78, 5) is 11.2. The zero-order chi connectivity index (χ0) is 15.9.